The third kappa shape index (κ3) is 1.99. The van der Waals surface area contributed by atoms with E-state index >= 15 is 0 Å². The van der Waals surface area contributed by atoms with Gasteiger partial charge in [0.25, 0.3) is 0 Å². The van der Waals surface area contributed by atoms with Crippen molar-refractivity contribution in [1.29, 1.82) is 0 Å². The summed E-state index contributed by atoms with van der Waals surface area (Å²) < 4.78 is 5.40. The Bertz CT molecular complexity index is 212. The van der Waals surface area contributed by atoms with Crippen molar-refractivity contribution in [2.75, 3.05) is 25.5 Å². The number of thioether (sulfide) groups is 1. The monoisotopic (exact) mass is 200 g/mol. The Hall–Kier alpha value is -0.220. The molecule has 1 N–H and O–H groups in total. The van der Waals surface area contributed by atoms with Crippen LogP contribution in [0.1, 0.15) is 19.8 Å². The van der Waals surface area contributed by atoms with Gasteiger partial charge in [0.1, 0.15) is 0 Å². The lowest BCUT2D eigenvalue weighted by Gasteiger charge is -2.19. The highest BCUT2D eigenvalue weighted by atomic mass is 32.2. The molecule has 1 atom stereocenters. The van der Waals surface area contributed by atoms with Gasteiger partial charge >= 0.3 is 0 Å². The molecule has 0 aromatic carbocycles. The van der Waals surface area contributed by atoms with E-state index < -0.39 is 0 Å². The van der Waals surface area contributed by atoms with Crippen LogP contribution in [0.3, 0.4) is 0 Å². The lowest BCUT2D eigenvalue weighted by molar-refractivity contribution is 0.179. The Morgan fingerprint density at radius 2 is 2.62 bits per heavy atom. The Morgan fingerprint density at radius 1 is 1.69 bits per heavy atom. The van der Waals surface area contributed by atoms with E-state index in [9.17, 15) is 0 Å². The summed E-state index contributed by atoms with van der Waals surface area (Å²) in [6.45, 7) is 4.84. The first-order chi connectivity index (χ1) is 6.35. The minimum atomic E-state index is 0.219. The molecule has 2 aliphatic heterocycles. The number of ether oxygens (including phenoxy) is 1. The van der Waals surface area contributed by atoms with Gasteiger partial charge in [-0.1, -0.05) is 18.7 Å². The van der Waals surface area contributed by atoms with Crippen molar-refractivity contribution in [3.05, 3.63) is 0 Å². The molecule has 2 aliphatic rings. The van der Waals surface area contributed by atoms with Crippen molar-refractivity contribution < 1.29 is 4.74 Å². The van der Waals surface area contributed by atoms with Crippen LogP contribution in [-0.2, 0) is 4.74 Å². The van der Waals surface area contributed by atoms with E-state index in [0.717, 1.165) is 43.5 Å². The van der Waals surface area contributed by atoms with Crippen LogP contribution in [-0.4, -0.2) is 36.2 Å². The largest absolute Gasteiger partial charge is 0.379 e. The molecule has 0 aromatic rings. The molecule has 0 radical (unpaired) electrons. The summed E-state index contributed by atoms with van der Waals surface area (Å²) >= 11 is 1.84. The van der Waals surface area contributed by atoms with E-state index in [0.29, 0.717) is 0 Å². The van der Waals surface area contributed by atoms with Crippen LogP contribution in [0.15, 0.2) is 4.99 Å². The van der Waals surface area contributed by atoms with Crippen molar-refractivity contribution in [2.24, 2.45) is 4.99 Å². The number of aliphatic imine (C=N–C) groups is 1. The van der Waals surface area contributed by atoms with Gasteiger partial charge in [0.05, 0.1) is 12.1 Å². The van der Waals surface area contributed by atoms with Gasteiger partial charge in [-0.3, -0.25) is 4.99 Å². The van der Waals surface area contributed by atoms with E-state index in [1.807, 2.05) is 11.8 Å². The minimum Gasteiger partial charge on any atom is -0.379 e. The van der Waals surface area contributed by atoms with E-state index in [-0.39, 0.29) is 5.54 Å². The topological polar surface area (TPSA) is 33.6 Å². The van der Waals surface area contributed by atoms with Gasteiger partial charge < -0.3 is 10.1 Å². The van der Waals surface area contributed by atoms with Gasteiger partial charge in [-0.2, -0.15) is 0 Å². The van der Waals surface area contributed by atoms with Crippen LogP contribution in [0.2, 0.25) is 0 Å². The van der Waals surface area contributed by atoms with Crippen LogP contribution in [0, 0.1) is 0 Å². The molecule has 74 valence electrons. The molecule has 4 heteroatoms. The zero-order valence-corrected chi connectivity index (χ0v) is 8.82. The minimum absolute atomic E-state index is 0.219. The average molecular weight is 200 g/mol. The molecule has 0 amide bonds. The maximum absolute atomic E-state index is 5.40. The molecule has 3 nitrogen and oxygen atoms in total. The normalized spacial score (nSPS) is 35.9. The number of hydrogen-bond acceptors (Lipinski definition) is 3. The second kappa shape index (κ2) is 3.88. The molecule has 0 aliphatic carbocycles. The van der Waals surface area contributed by atoms with Crippen molar-refractivity contribution in [3.8, 4) is 0 Å². The molecule has 1 unspecified atom stereocenters. The third-order valence-corrected chi connectivity index (χ3v) is 3.64. The maximum atomic E-state index is 5.40. The number of nitrogens with one attached hydrogen (secondary N) is 1. The number of amidine groups is 1. The number of nitrogens with zero attached hydrogens (tertiary/aromatic N) is 1. The van der Waals surface area contributed by atoms with Gasteiger partial charge in [0.15, 0.2) is 5.17 Å². The molecule has 0 bridgehead atoms. The van der Waals surface area contributed by atoms with E-state index in [1.165, 1.54) is 0 Å². The zero-order valence-electron chi connectivity index (χ0n) is 8.01. The van der Waals surface area contributed by atoms with Crippen LogP contribution in [0.4, 0.5) is 0 Å². The Kier molecular flexibility index (Phi) is 2.79. The summed E-state index contributed by atoms with van der Waals surface area (Å²) in [5, 5.41) is 4.61. The second-order valence-corrected chi connectivity index (χ2v) is 4.65. The van der Waals surface area contributed by atoms with Gasteiger partial charge in [-0.15, -0.1) is 0 Å². The smallest absolute Gasteiger partial charge is 0.157 e. The van der Waals surface area contributed by atoms with E-state index in [4.69, 9.17) is 4.74 Å². The molecule has 0 aromatic heterocycles. The second-order valence-electron chi connectivity index (χ2n) is 3.68. The number of hydrogen-bond donors (Lipinski definition) is 1. The fraction of sp³-hybridized carbons (Fsp3) is 0.889. The summed E-state index contributed by atoms with van der Waals surface area (Å²) in [4.78, 5) is 4.47. The molecule has 13 heavy (non-hydrogen) atoms. The third-order valence-electron chi connectivity index (χ3n) is 2.44. The van der Waals surface area contributed by atoms with Gasteiger partial charge in [-0.05, 0) is 12.8 Å². The van der Waals surface area contributed by atoms with Crippen molar-refractivity contribution in [1.82, 2.24) is 5.32 Å². The highest BCUT2D eigenvalue weighted by Gasteiger charge is 2.40. The van der Waals surface area contributed by atoms with Gasteiger partial charge in [0.2, 0.25) is 0 Å². The summed E-state index contributed by atoms with van der Waals surface area (Å²) in [6, 6.07) is 0. The fourth-order valence-electron chi connectivity index (χ4n) is 1.62. The summed E-state index contributed by atoms with van der Waals surface area (Å²) in [5.74, 6) is 1.12. The maximum Gasteiger partial charge on any atom is 0.157 e. The molecule has 2 fully saturated rings. The summed E-state index contributed by atoms with van der Waals surface area (Å²) in [5.41, 5.74) is 0.219. The van der Waals surface area contributed by atoms with Gasteiger partial charge in [0, 0.05) is 18.9 Å². The zero-order chi connectivity index (χ0) is 9.15. The first-order valence-corrected chi connectivity index (χ1v) is 5.86. The first-order valence-electron chi connectivity index (χ1n) is 4.88. The molecule has 1 spiro atoms. The van der Waals surface area contributed by atoms with Crippen molar-refractivity contribution in [3.63, 3.8) is 0 Å². The summed E-state index contributed by atoms with van der Waals surface area (Å²) in [7, 11) is 0. The van der Waals surface area contributed by atoms with Crippen LogP contribution in [0.25, 0.3) is 0 Å². The molecular formula is C9H16N2OS. The fourth-order valence-corrected chi connectivity index (χ4v) is 2.81. The standard InChI is InChI=1S/C9H16N2OS/c1-2-4-10-8-11-9(7-13-8)3-5-12-6-9/h2-7H2,1H3,(H,10,11). The molecule has 2 saturated heterocycles. The average Bonchev–Trinajstić information content (AvgIpc) is 2.74. The highest BCUT2D eigenvalue weighted by molar-refractivity contribution is 8.14. The predicted molar refractivity (Wildman–Crippen MR) is 56.4 cm³/mol. The first kappa shape index (κ1) is 9.34. The lowest BCUT2D eigenvalue weighted by atomic mass is 10.0. The van der Waals surface area contributed by atoms with Gasteiger partial charge in [-0.25, -0.2) is 0 Å². The molecule has 2 heterocycles. The Balaban J connectivity index is 1.93. The molecule has 0 saturated carbocycles. The van der Waals surface area contributed by atoms with Crippen molar-refractivity contribution >= 4 is 16.9 Å². The quantitative estimate of drug-likeness (QED) is 0.728. The van der Waals surface area contributed by atoms with E-state index in [1.54, 1.807) is 0 Å². The Morgan fingerprint density at radius 3 is 3.31 bits per heavy atom. The SMILES string of the molecule is CCCN=C1NC2(CCOC2)CS1. The Labute approximate surface area is 83.3 Å². The number of rotatable bonds is 2. The summed E-state index contributed by atoms with van der Waals surface area (Å²) in [6.07, 6.45) is 2.25. The molecule has 2 rings (SSSR count). The van der Waals surface area contributed by atoms with Crippen molar-refractivity contribution in [2.45, 2.75) is 25.3 Å². The highest BCUT2D eigenvalue weighted by Crippen LogP contribution is 2.30. The molecular weight excluding hydrogens is 184 g/mol. The van der Waals surface area contributed by atoms with Crippen LogP contribution in [0.5, 0.6) is 0 Å². The predicted octanol–water partition coefficient (Wildman–Crippen LogP) is 1.25. The lowest BCUT2D eigenvalue weighted by Crippen LogP contribution is -2.44. The van der Waals surface area contributed by atoms with Crippen LogP contribution < -0.4 is 5.32 Å². The van der Waals surface area contributed by atoms with Crippen LogP contribution >= 0.6 is 11.8 Å². The van der Waals surface area contributed by atoms with E-state index in [2.05, 4.69) is 17.2 Å².